The summed E-state index contributed by atoms with van der Waals surface area (Å²) < 4.78 is 44.6. The highest BCUT2D eigenvalue weighted by molar-refractivity contribution is 7.92. The molecular formula is C30H32ClN5O9S. The molecule has 1 aliphatic heterocycles. The molecule has 244 valence electrons. The lowest BCUT2D eigenvalue weighted by molar-refractivity contribution is -0.385. The molecule has 3 aromatic rings. The van der Waals surface area contributed by atoms with Gasteiger partial charge in [-0.25, -0.2) is 13.8 Å². The lowest BCUT2D eigenvalue weighted by atomic mass is 10.2. The van der Waals surface area contributed by atoms with Crippen LogP contribution >= 0.6 is 11.6 Å². The summed E-state index contributed by atoms with van der Waals surface area (Å²) in [6, 6.07) is 14.2. The van der Waals surface area contributed by atoms with Crippen LogP contribution in [0.2, 0.25) is 5.02 Å². The Morgan fingerprint density at radius 3 is 2.59 bits per heavy atom. The zero-order valence-electron chi connectivity index (χ0n) is 25.0. The summed E-state index contributed by atoms with van der Waals surface area (Å²) in [5.74, 6) is -0.553. The number of benzene rings is 3. The molecule has 0 aromatic heterocycles. The topological polar surface area (TPSA) is 179 Å². The van der Waals surface area contributed by atoms with Crippen LogP contribution in [0.15, 0.2) is 70.7 Å². The van der Waals surface area contributed by atoms with Crippen LogP contribution < -0.4 is 24.5 Å². The van der Waals surface area contributed by atoms with Gasteiger partial charge < -0.3 is 19.5 Å². The summed E-state index contributed by atoms with van der Waals surface area (Å²) in [6.07, 6.45) is 3.27. The van der Waals surface area contributed by atoms with Crippen molar-refractivity contribution in [3.8, 4) is 11.5 Å². The van der Waals surface area contributed by atoms with Crippen molar-refractivity contribution < 1.29 is 37.1 Å². The Hall–Kier alpha value is -4.73. The maximum atomic E-state index is 13.8. The van der Waals surface area contributed by atoms with Crippen molar-refractivity contribution in [2.24, 2.45) is 5.10 Å². The van der Waals surface area contributed by atoms with E-state index in [0.717, 1.165) is 23.2 Å². The first-order chi connectivity index (χ1) is 22.0. The van der Waals surface area contributed by atoms with Crippen LogP contribution in [-0.4, -0.2) is 70.9 Å². The molecule has 2 amide bonds. The summed E-state index contributed by atoms with van der Waals surface area (Å²) in [5, 5.41) is 18.3. The predicted molar refractivity (Wildman–Crippen MR) is 170 cm³/mol. The predicted octanol–water partition coefficient (Wildman–Crippen LogP) is 3.58. The van der Waals surface area contributed by atoms with E-state index in [1.165, 1.54) is 50.6 Å². The first kappa shape index (κ1) is 34.1. The van der Waals surface area contributed by atoms with Crippen LogP contribution in [0.1, 0.15) is 24.0 Å². The van der Waals surface area contributed by atoms with E-state index in [4.69, 9.17) is 25.8 Å². The Bertz CT molecular complexity index is 1710. The fourth-order valence-corrected chi connectivity index (χ4v) is 6.07. The van der Waals surface area contributed by atoms with Gasteiger partial charge in [-0.15, -0.1) is 0 Å². The van der Waals surface area contributed by atoms with E-state index in [9.17, 15) is 28.1 Å². The van der Waals surface area contributed by atoms with Crippen LogP contribution in [0.3, 0.4) is 0 Å². The number of aryl methyl sites for hydroxylation is 1. The molecule has 4 rings (SSSR count). The number of ether oxygens (including phenoxy) is 3. The fourth-order valence-electron chi connectivity index (χ4n) is 4.46. The van der Waals surface area contributed by atoms with Gasteiger partial charge in [-0.05, 0) is 73.9 Å². The van der Waals surface area contributed by atoms with Gasteiger partial charge in [-0.3, -0.25) is 24.0 Å². The highest BCUT2D eigenvalue weighted by Gasteiger charge is 2.31. The number of rotatable bonds is 14. The van der Waals surface area contributed by atoms with Gasteiger partial charge in [0.25, 0.3) is 27.5 Å². The Morgan fingerprint density at radius 2 is 1.91 bits per heavy atom. The summed E-state index contributed by atoms with van der Waals surface area (Å²) in [7, 11) is -3.23. The van der Waals surface area contributed by atoms with Crippen LogP contribution in [0.25, 0.3) is 0 Å². The SMILES string of the molecule is COc1ccc(Cl)cc1N(CC(=O)N/N=C\c1ccc(OCC(=O)NC[C@@H]2CCCO2)cc1)S(=O)(=O)c1ccc(C)c([N+](=O)[O-])c1. The second kappa shape index (κ2) is 15.5. The number of carbonyl (C=O) groups excluding carboxylic acids is 2. The Balaban J connectivity index is 1.43. The number of sulfonamides is 1. The fraction of sp³-hybridized carbons (Fsp3) is 0.300. The molecule has 0 aliphatic carbocycles. The normalized spacial score (nSPS) is 14.5. The summed E-state index contributed by atoms with van der Waals surface area (Å²) in [4.78, 5) is 35.4. The third-order valence-corrected chi connectivity index (χ3v) is 8.86. The molecule has 46 heavy (non-hydrogen) atoms. The number of hydrogen-bond acceptors (Lipinski definition) is 10. The molecule has 1 atom stereocenters. The lowest BCUT2D eigenvalue weighted by Gasteiger charge is -2.25. The maximum absolute atomic E-state index is 13.8. The van der Waals surface area contributed by atoms with E-state index >= 15 is 0 Å². The molecule has 2 N–H and O–H groups in total. The highest BCUT2D eigenvalue weighted by atomic mass is 35.5. The number of methoxy groups -OCH3 is 1. The van der Waals surface area contributed by atoms with E-state index in [-0.39, 0.29) is 40.6 Å². The van der Waals surface area contributed by atoms with E-state index in [1.54, 1.807) is 24.3 Å². The molecule has 1 heterocycles. The summed E-state index contributed by atoms with van der Waals surface area (Å²) in [5.41, 5.74) is 2.66. The van der Waals surface area contributed by atoms with Crippen LogP contribution in [0.4, 0.5) is 11.4 Å². The van der Waals surface area contributed by atoms with Crippen molar-refractivity contribution in [3.63, 3.8) is 0 Å². The van der Waals surface area contributed by atoms with E-state index in [2.05, 4.69) is 15.8 Å². The first-order valence-electron chi connectivity index (χ1n) is 14.0. The number of carbonyl (C=O) groups is 2. The number of hydrazone groups is 1. The molecule has 1 saturated heterocycles. The van der Waals surface area contributed by atoms with Gasteiger partial charge in [-0.1, -0.05) is 17.7 Å². The zero-order valence-corrected chi connectivity index (χ0v) is 26.5. The Morgan fingerprint density at radius 1 is 1.15 bits per heavy atom. The van der Waals surface area contributed by atoms with Crippen molar-refractivity contribution in [1.82, 2.24) is 10.7 Å². The summed E-state index contributed by atoms with van der Waals surface area (Å²) >= 11 is 6.15. The van der Waals surface area contributed by atoms with E-state index in [1.807, 2.05) is 0 Å². The zero-order chi connectivity index (χ0) is 33.3. The molecule has 0 unspecified atom stereocenters. The van der Waals surface area contributed by atoms with Crippen molar-refractivity contribution >= 4 is 51.0 Å². The van der Waals surface area contributed by atoms with E-state index in [0.29, 0.717) is 24.5 Å². The van der Waals surface area contributed by atoms with Crippen molar-refractivity contribution in [2.45, 2.75) is 30.8 Å². The average Bonchev–Trinajstić information content (AvgIpc) is 3.56. The van der Waals surface area contributed by atoms with Crippen molar-refractivity contribution in [3.05, 3.63) is 86.9 Å². The molecule has 1 fully saturated rings. The number of nitro benzene ring substituents is 1. The molecule has 0 saturated carbocycles. The molecule has 1 aliphatic rings. The van der Waals surface area contributed by atoms with Gasteiger partial charge in [0.15, 0.2) is 6.61 Å². The number of nitrogens with one attached hydrogen (secondary N) is 2. The van der Waals surface area contributed by atoms with E-state index < -0.39 is 38.0 Å². The monoisotopic (exact) mass is 673 g/mol. The van der Waals surface area contributed by atoms with Crippen LogP contribution in [0.5, 0.6) is 11.5 Å². The number of halogens is 1. The lowest BCUT2D eigenvalue weighted by Crippen LogP contribution is -2.39. The second-order valence-electron chi connectivity index (χ2n) is 10.1. The van der Waals surface area contributed by atoms with Gasteiger partial charge in [-0.2, -0.15) is 5.10 Å². The molecule has 14 nitrogen and oxygen atoms in total. The largest absolute Gasteiger partial charge is 0.495 e. The van der Waals surface area contributed by atoms with Crippen LogP contribution in [-0.2, 0) is 24.3 Å². The molecule has 16 heteroatoms. The molecule has 0 spiro atoms. The molecule has 3 aromatic carbocycles. The molecule has 0 radical (unpaired) electrons. The van der Waals surface area contributed by atoms with Crippen molar-refractivity contribution in [1.29, 1.82) is 0 Å². The smallest absolute Gasteiger partial charge is 0.273 e. The van der Waals surface area contributed by atoms with Gasteiger partial charge >= 0.3 is 0 Å². The number of nitrogens with zero attached hydrogens (tertiary/aromatic N) is 3. The highest BCUT2D eigenvalue weighted by Crippen LogP contribution is 2.35. The minimum absolute atomic E-state index is 0.0346. The number of nitro groups is 1. The number of anilines is 1. The third-order valence-electron chi connectivity index (χ3n) is 6.87. The maximum Gasteiger partial charge on any atom is 0.273 e. The van der Waals surface area contributed by atoms with Crippen LogP contribution in [0, 0.1) is 17.0 Å². The molecular weight excluding hydrogens is 642 g/mol. The average molecular weight is 674 g/mol. The Kier molecular flexibility index (Phi) is 11.5. The van der Waals surface area contributed by atoms with Gasteiger partial charge in [0.2, 0.25) is 0 Å². The van der Waals surface area contributed by atoms with Gasteiger partial charge in [0, 0.05) is 29.8 Å². The third kappa shape index (κ3) is 8.93. The minimum atomic E-state index is -4.54. The minimum Gasteiger partial charge on any atom is -0.495 e. The van der Waals surface area contributed by atoms with Gasteiger partial charge in [0.05, 0.1) is 34.9 Å². The Labute approximate surface area is 270 Å². The number of amides is 2. The summed E-state index contributed by atoms with van der Waals surface area (Å²) in [6.45, 7) is 1.69. The first-order valence-corrected chi connectivity index (χ1v) is 15.8. The quantitative estimate of drug-likeness (QED) is 0.147. The number of hydrogen-bond donors (Lipinski definition) is 2. The second-order valence-corrected chi connectivity index (χ2v) is 12.4. The standard InChI is InChI=1S/C30H32ClN5O9S/c1-20-5-11-25(15-26(20)36(39)40)46(41,42)35(27-14-22(31)8-12-28(27)43-2)18-29(37)34-33-16-21-6-9-23(10-7-21)45-19-30(38)32-17-24-4-3-13-44-24/h5-12,14-16,24H,3-4,13,17-19H2,1-2H3,(H,32,38)(H,34,37)/b33-16-/t24-/m0/s1. The van der Waals surface area contributed by atoms with Gasteiger partial charge in [0.1, 0.15) is 18.0 Å². The van der Waals surface area contributed by atoms with Crippen molar-refractivity contribution in [2.75, 3.05) is 37.7 Å². The molecule has 0 bridgehead atoms.